The van der Waals surface area contributed by atoms with E-state index in [0.29, 0.717) is 16.0 Å². The third-order valence-corrected chi connectivity index (χ3v) is 3.26. The van der Waals surface area contributed by atoms with Gasteiger partial charge >= 0.3 is 10.8 Å². The highest BCUT2D eigenvalue weighted by molar-refractivity contribution is 7.16. The molecule has 0 aliphatic heterocycles. The standard InChI is InChI=1S/C11H12N2O4S/c1-5(14)17-7-3-2-6(4-8(12)15)10-9(7)13-11(16)18-10/h2-3,8,15H,4,12H2,1H3,(H,13,16). The van der Waals surface area contributed by atoms with E-state index in [4.69, 9.17) is 10.5 Å². The first-order valence-corrected chi connectivity index (χ1v) is 6.06. The van der Waals surface area contributed by atoms with Crippen molar-refractivity contribution in [3.8, 4) is 5.75 Å². The van der Waals surface area contributed by atoms with Crippen molar-refractivity contribution < 1.29 is 14.6 Å². The van der Waals surface area contributed by atoms with Crippen LogP contribution in [0.3, 0.4) is 0 Å². The topological polar surface area (TPSA) is 105 Å². The van der Waals surface area contributed by atoms with Crippen molar-refractivity contribution in [2.24, 2.45) is 5.73 Å². The first-order chi connectivity index (χ1) is 8.47. The van der Waals surface area contributed by atoms with Gasteiger partial charge in [0.15, 0.2) is 5.75 Å². The van der Waals surface area contributed by atoms with E-state index < -0.39 is 12.2 Å². The van der Waals surface area contributed by atoms with Crippen molar-refractivity contribution in [1.29, 1.82) is 0 Å². The Kier molecular flexibility index (Phi) is 3.46. The monoisotopic (exact) mass is 268 g/mol. The zero-order chi connectivity index (χ0) is 13.3. The van der Waals surface area contributed by atoms with E-state index in [-0.39, 0.29) is 11.3 Å². The summed E-state index contributed by atoms with van der Waals surface area (Å²) in [5, 5.41) is 9.20. The Bertz CT molecular complexity index is 644. The van der Waals surface area contributed by atoms with Gasteiger partial charge in [0.2, 0.25) is 0 Å². The van der Waals surface area contributed by atoms with Gasteiger partial charge in [0.25, 0.3) is 0 Å². The van der Waals surface area contributed by atoms with Crippen LogP contribution in [0.15, 0.2) is 16.9 Å². The summed E-state index contributed by atoms with van der Waals surface area (Å²) < 4.78 is 5.65. The molecule has 2 rings (SSSR count). The fraction of sp³-hybridized carbons (Fsp3) is 0.273. The Morgan fingerprint density at radius 2 is 2.33 bits per heavy atom. The average molecular weight is 268 g/mol. The number of nitrogens with two attached hydrogens (primary N) is 1. The number of thiazole rings is 1. The number of carbonyl (C=O) groups is 1. The number of aliphatic hydroxyl groups is 1. The highest BCUT2D eigenvalue weighted by Gasteiger charge is 2.13. The molecule has 0 fully saturated rings. The quantitative estimate of drug-likeness (QED) is 0.423. The normalized spacial score (nSPS) is 12.6. The predicted molar refractivity (Wildman–Crippen MR) is 67.7 cm³/mol. The number of nitrogens with one attached hydrogen (secondary N) is 1. The number of hydrogen-bond acceptors (Lipinski definition) is 6. The van der Waals surface area contributed by atoms with Crippen LogP contribution in [0.25, 0.3) is 10.2 Å². The van der Waals surface area contributed by atoms with Gasteiger partial charge < -0.3 is 20.6 Å². The van der Waals surface area contributed by atoms with Crippen molar-refractivity contribution in [2.45, 2.75) is 19.6 Å². The smallest absolute Gasteiger partial charge is 0.308 e. The minimum absolute atomic E-state index is 0.227. The van der Waals surface area contributed by atoms with Crippen LogP contribution < -0.4 is 15.3 Å². The van der Waals surface area contributed by atoms with Crippen LogP contribution in [0.2, 0.25) is 0 Å². The number of hydrogen-bond donors (Lipinski definition) is 3. The Morgan fingerprint density at radius 3 is 2.94 bits per heavy atom. The molecule has 7 heteroatoms. The minimum atomic E-state index is -0.995. The van der Waals surface area contributed by atoms with Crippen LogP contribution in [-0.2, 0) is 11.2 Å². The van der Waals surface area contributed by atoms with Gasteiger partial charge in [-0.05, 0) is 11.6 Å². The zero-order valence-corrected chi connectivity index (χ0v) is 10.4. The summed E-state index contributed by atoms with van der Waals surface area (Å²) in [5.41, 5.74) is 6.52. The van der Waals surface area contributed by atoms with Gasteiger partial charge in [0.1, 0.15) is 11.7 Å². The maximum absolute atomic E-state index is 11.4. The van der Waals surface area contributed by atoms with E-state index in [2.05, 4.69) is 4.98 Å². The zero-order valence-electron chi connectivity index (χ0n) is 9.60. The van der Waals surface area contributed by atoms with Crippen LogP contribution in [-0.4, -0.2) is 22.3 Å². The number of aromatic amines is 1. The van der Waals surface area contributed by atoms with Gasteiger partial charge in [-0.2, -0.15) is 0 Å². The molecule has 1 heterocycles. The number of fused-ring (bicyclic) bond motifs is 1. The molecule has 0 saturated heterocycles. The van der Waals surface area contributed by atoms with Gasteiger partial charge in [-0.1, -0.05) is 17.4 Å². The van der Waals surface area contributed by atoms with Gasteiger partial charge in [-0.25, -0.2) is 0 Å². The fourth-order valence-electron chi connectivity index (χ4n) is 1.69. The Hall–Kier alpha value is -1.70. The highest BCUT2D eigenvalue weighted by atomic mass is 32.1. The molecule has 0 radical (unpaired) electrons. The van der Waals surface area contributed by atoms with Crippen molar-refractivity contribution in [2.75, 3.05) is 0 Å². The number of H-pyrrole nitrogens is 1. The molecule has 1 atom stereocenters. The molecule has 1 unspecified atom stereocenters. The van der Waals surface area contributed by atoms with Crippen molar-refractivity contribution in [1.82, 2.24) is 4.98 Å². The minimum Gasteiger partial charge on any atom is -0.424 e. The van der Waals surface area contributed by atoms with E-state index in [0.717, 1.165) is 16.9 Å². The Balaban J connectivity index is 2.58. The third kappa shape index (κ3) is 2.58. The number of aromatic nitrogens is 1. The van der Waals surface area contributed by atoms with Gasteiger partial charge in [-0.15, -0.1) is 0 Å². The maximum atomic E-state index is 11.4. The molecule has 18 heavy (non-hydrogen) atoms. The summed E-state index contributed by atoms with van der Waals surface area (Å²) in [4.78, 5) is 24.7. The molecule has 0 bridgehead atoms. The second-order valence-electron chi connectivity index (χ2n) is 3.81. The molecule has 1 aromatic carbocycles. The second-order valence-corrected chi connectivity index (χ2v) is 4.79. The largest absolute Gasteiger partial charge is 0.424 e. The highest BCUT2D eigenvalue weighted by Crippen LogP contribution is 2.29. The number of esters is 1. The lowest BCUT2D eigenvalue weighted by molar-refractivity contribution is -0.131. The van der Waals surface area contributed by atoms with E-state index in [1.165, 1.54) is 6.92 Å². The lowest BCUT2D eigenvalue weighted by atomic mass is 10.1. The van der Waals surface area contributed by atoms with Crippen molar-refractivity contribution in [3.05, 3.63) is 27.4 Å². The van der Waals surface area contributed by atoms with E-state index in [1.54, 1.807) is 12.1 Å². The molecule has 0 aliphatic rings. The van der Waals surface area contributed by atoms with Crippen LogP contribution in [0.1, 0.15) is 12.5 Å². The number of carbonyl (C=O) groups excluding carboxylic acids is 1. The first kappa shape index (κ1) is 12.7. The summed E-state index contributed by atoms with van der Waals surface area (Å²) in [6.07, 6.45) is -0.769. The first-order valence-electron chi connectivity index (χ1n) is 5.24. The predicted octanol–water partition coefficient (Wildman–Crippen LogP) is 0.335. The van der Waals surface area contributed by atoms with Crippen LogP contribution in [0.4, 0.5) is 0 Å². The molecule has 1 aromatic heterocycles. The van der Waals surface area contributed by atoms with Gasteiger partial charge in [0, 0.05) is 13.3 Å². The van der Waals surface area contributed by atoms with Crippen molar-refractivity contribution >= 4 is 27.5 Å². The summed E-state index contributed by atoms with van der Waals surface area (Å²) in [6.45, 7) is 1.29. The lowest BCUT2D eigenvalue weighted by Crippen LogP contribution is -2.21. The molecule has 0 spiro atoms. The van der Waals surface area contributed by atoms with E-state index in [9.17, 15) is 14.7 Å². The fourth-order valence-corrected chi connectivity index (χ4v) is 2.56. The molecular weight excluding hydrogens is 256 g/mol. The molecule has 6 nitrogen and oxygen atoms in total. The summed E-state index contributed by atoms with van der Waals surface area (Å²) in [6, 6.07) is 3.25. The Labute approximate surface area is 106 Å². The van der Waals surface area contributed by atoms with E-state index in [1.807, 2.05) is 0 Å². The van der Waals surface area contributed by atoms with Crippen LogP contribution in [0.5, 0.6) is 5.75 Å². The molecule has 0 aliphatic carbocycles. The lowest BCUT2D eigenvalue weighted by Gasteiger charge is -2.08. The Morgan fingerprint density at radius 1 is 1.61 bits per heavy atom. The van der Waals surface area contributed by atoms with Gasteiger partial charge in [-0.3, -0.25) is 9.59 Å². The summed E-state index contributed by atoms with van der Waals surface area (Å²) >= 11 is 0.993. The third-order valence-electron chi connectivity index (χ3n) is 2.31. The number of ether oxygens (including phenoxy) is 1. The van der Waals surface area contributed by atoms with Crippen LogP contribution >= 0.6 is 11.3 Å². The molecular formula is C11H12N2O4S. The molecule has 0 saturated carbocycles. The number of aliphatic hydroxyl groups excluding tert-OH is 1. The maximum Gasteiger partial charge on any atom is 0.308 e. The SMILES string of the molecule is CC(=O)Oc1ccc(CC(N)O)c2sc(=O)[nH]c12. The summed E-state index contributed by atoms with van der Waals surface area (Å²) in [5.74, 6) is -0.166. The van der Waals surface area contributed by atoms with E-state index >= 15 is 0 Å². The molecule has 4 N–H and O–H groups in total. The number of rotatable bonds is 3. The second kappa shape index (κ2) is 4.89. The van der Waals surface area contributed by atoms with Crippen molar-refractivity contribution in [3.63, 3.8) is 0 Å². The molecule has 0 amide bonds. The molecule has 96 valence electrons. The molecule has 2 aromatic rings. The summed E-state index contributed by atoms with van der Waals surface area (Å²) in [7, 11) is 0. The number of benzene rings is 1. The van der Waals surface area contributed by atoms with Gasteiger partial charge in [0.05, 0.1) is 4.70 Å². The van der Waals surface area contributed by atoms with Crippen LogP contribution in [0, 0.1) is 0 Å². The average Bonchev–Trinajstić information content (AvgIpc) is 2.63.